The first-order valence-corrected chi connectivity index (χ1v) is 8.06. The van der Waals surface area contributed by atoms with Gasteiger partial charge < -0.3 is 5.32 Å². The number of aromatic nitrogens is 2. The van der Waals surface area contributed by atoms with E-state index in [0.717, 1.165) is 5.69 Å². The van der Waals surface area contributed by atoms with Gasteiger partial charge in [0.1, 0.15) is 0 Å². The molecule has 0 unspecified atom stereocenters. The van der Waals surface area contributed by atoms with Crippen LogP contribution in [0.2, 0.25) is 0 Å². The average Bonchev–Trinajstić information content (AvgIpc) is 2.93. The molecule has 0 aliphatic rings. The van der Waals surface area contributed by atoms with Crippen molar-refractivity contribution in [3.05, 3.63) is 48.3 Å². The second kappa shape index (κ2) is 6.51. The number of rotatable bonds is 6. The van der Waals surface area contributed by atoms with E-state index in [-0.39, 0.29) is 24.6 Å². The number of hydrogen-bond acceptors (Lipinski definition) is 4. The van der Waals surface area contributed by atoms with Crippen LogP contribution in [0.1, 0.15) is 16.8 Å². The lowest BCUT2D eigenvalue weighted by Crippen LogP contribution is -2.27. The van der Waals surface area contributed by atoms with E-state index in [9.17, 15) is 13.2 Å². The van der Waals surface area contributed by atoms with Crippen LogP contribution in [0.5, 0.6) is 0 Å². The lowest BCUT2D eigenvalue weighted by molar-refractivity contribution is 0.0953. The molecule has 3 N–H and O–H groups in total. The Labute approximate surface area is 122 Å². The SMILES string of the molecule is NS(=O)(=O)CCCNC(=O)c1cnn(-c2ccccc2)c1. The van der Waals surface area contributed by atoms with Crippen molar-refractivity contribution in [2.24, 2.45) is 5.14 Å². The Kier molecular flexibility index (Phi) is 4.71. The predicted octanol–water partition coefficient (Wildman–Crippen LogP) is 0.281. The van der Waals surface area contributed by atoms with Crippen molar-refractivity contribution >= 4 is 15.9 Å². The second-order valence-electron chi connectivity index (χ2n) is 4.49. The normalized spacial score (nSPS) is 11.3. The summed E-state index contributed by atoms with van der Waals surface area (Å²) >= 11 is 0. The van der Waals surface area contributed by atoms with Gasteiger partial charge in [-0.25, -0.2) is 18.2 Å². The van der Waals surface area contributed by atoms with Crippen LogP contribution in [0.25, 0.3) is 5.69 Å². The largest absolute Gasteiger partial charge is 0.352 e. The van der Waals surface area contributed by atoms with E-state index in [2.05, 4.69) is 10.4 Å². The molecule has 2 aromatic rings. The maximum Gasteiger partial charge on any atom is 0.254 e. The molecular formula is C13H16N4O3S. The minimum absolute atomic E-state index is 0.156. The summed E-state index contributed by atoms with van der Waals surface area (Å²) in [6.07, 6.45) is 3.35. The zero-order valence-corrected chi connectivity index (χ0v) is 12.1. The van der Waals surface area contributed by atoms with E-state index in [4.69, 9.17) is 5.14 Å². The van der Waals surface area contributed by atoms with Gasteiger partial charge in [0.2, 0.25) is 10.0 Å². The van der Waals surface area contributed by atoms with Gasteiger partial charge in [0, 0.05) is 12.7 Å². The van der Waals surface area contributed by atoms with Crippen molar-refractivity contribution in [2.45, 2.75) is 6.42 Å². The maximum atomic E-state index is 11.9. The van der Waals surface area contributed by atoms with Crippen LogP contribution in [0.3, 0.4) is 0 Å². The molecule has 0 aliphatic heterocycles. The summed E-state index contributed by atoms with van der Waals surface area (Å²) in [5.41, 5.74) is 1.26. The molecule has 0 saturated carbocycles. The zero-order chi connectivity index (χ0) is 15.3. The van der Waals surface area contributed by atoms with E-state index in [0.29, 0.717) is 5.56 Å². The highest BCUT2D eigenvalue weighted by atomic mass is 32.2. The van der Waals surface area contributed by atoms with Gasteiger partial charge in [-0.05, 0) is 18.6 Å². The first kappa shape index (κ1) is 15.2. The van der Waals surface area contributed by atoms with Gasteiger partial charge in [-0.3, -0.25) is 4.79 Å². The molecule has 0 bridgehead atoms. The Hall–Kier alpha value is -2.19. The number of nitrogens with two attached hydrogens (primary N) is 1. The molecule has 0 spiro atoms. The Morgan fingerprint density at radius 2 is 2.00 bits per heavy atom. The first-order chi connectivity index (χ1) is 9.96. The van der Waals surface area contributed by atoms with Gasteiger partial charge in [-0.2, -0.15) is 5.10 Å². The van der Waals surface area contributed by atoms with Gasteiger partial charge in [0.05, 0.1) is 23.2 Å². The molecule has 21 heavy (non-hydrogen) atoms. The van der Waals surface area contributed by atoms with Crippen LogP contribution in [0, 0.1) is 0 Å². The lowest BCUT2D eigenvalue weighted by atomic mass is 10.3. The fraction of sp³-hybridized carbons (Fsp3) is 0.231. The third-order valence-corrected chi connectivity index (χ3v) is 3.61. The molecule has 1 amide bonds. The number of nitrogens with zero attached hydrogens (tertiary/aromatic N) is 2. The molecule has 112 valence electrons. The van der Waals surface area contributed by atoms with E-state index in [1.54, 1.807) is 10.9 Å². The molecule has 0 aliphatic carbocycles. The van der Waals surface area contributed by atoms with Crippen molar-refractivity contribution in [2.75, 3.05) is 12.3 Å². The van der Waals surface area contributed by atoms with Crippen LogP contribution in [0.15, 0.2) is 42.7 Å². The molecular weight excluding hydrogens is 292 g/mol. The van der Waals surface area contributed by atoms with Crippen LogP contribution >= 0.6 is 0 Å². The summed E-state index contributed by atoms with van der Waals surface area (Å²) in [5, 5.41) is 11.6. The summed E-state index contributed by atoms with van der Waals surface area (Å²) in [6, 6.07) is 9.40. The van der Waals surface area contributed by atoms with Gasteiger partial charge >= 0.3 is 0 Å². The molecule has 1 heterocycles. The van der Waals surface area contributed by atoms with Crippen LogP contribution in [-0.4, -0.2) is 36.4 Å². The third kappa shape index (κ3) is 4.69. The molecule has 7 nitrogen and oxygen atoms in total. The molecule has 0 atom stereocenters. The number of carbonyl (C=O) groups is 1. The van der Waals surface area contributed by atoms with Crippen molar-refractivity contribution < 1.29 is 13.2 Å². The standard InChI is InChI=1S/C13H16N4O3S/c14-21(19,20)8-4-7-15-13(18)11-9-16-17(10-11)12-5-2-1-3-6-12/h1-3,5-6,9-10H,4,7-8H2,(H,15,18)(H2,14,19,20). The summed E-state index contributed by atoms with van der Waals surface area (Å²) in [5.74, 6) is -0.456. The number of benzene rings is 1. The Morgan fingerprint density at radius 3 is 2.67 bits per heavy atom. The number of primary sulfonamides is 1. The molecule has 0 radical (unpaired) electrons. The average molecular weight is 308 g/mol. The van der Waals surface area contributed by atoms with Crippen LogP contribution < -0.4 is 10.5 Å². The number of hydrogen-bond donors (Lipinski definition) is 2. The number of carbonyl (C=O) groups excluding carboxylic acids is 1. The number of amides is 1. The van der Waals surface area contributed by atoms with E-state index in [1.807, 2.05) is 30.3 Å². The monoisotopic (exact) mass is 308 g/mol. The minimum Gasteiger partial charge on any atom is -0.352 e. The smallest absolute Gasteiger partial charge is 0.254 e. The molecule has 8 heteroatoms. The predicted molar refractivity (Wildman–Crippen MR) is 78.5 cm³/mol. The summed E-state index contributed by atoms with van der Waals surface area (Å²) < 4.78 is 23.1. The number of para-hydroxylation sites is 1. The van der Waals surface area contributed by atoms with Crippen molar-refractivity contribution in [3.8, 4) is 5.69 Å². The Balaban J connectivity index is 1.91. The molecule has 1 aromatic heterocycles. The highest BCUT2D eigenvalue weighted by Gasteiger charge is 2.09. The lowest BCUT2D eigenvalue weighted by Gasteiger charge is -2.02. The van der Waals surface area contributed by atoms with Gasteiger partial charge in [-0.15, -0.1) is 0 Å². The van der Waals surface area contributed by atoms with Crippen LogP contribution in [0.4, 0.5) is 0 Å². The maximum absolute atomic E-state index is 11.9. The third-order valence-electron chi connectivity index (χ3n) is 2.76. The van der Waals surface area contributed by atoms with Gasteiger partial charge in [0.15, 0.2) is 0 Å². The van der Waals surface area contributed by atoms with Gasteiger partial charge in [0.25, 0.3) is 5.91 Å². The minimum atomic E-state index is -3.49. The molecule has 2 rings (SSSR count). The zero-order valence-electron chi connectivity index (χ0n) is 11.3. The molecule has 0 fully saturated rings. The van der Waals surface area contributed by atoms with Gasteiger partial charge in [-0.1, -0.05) is 18.2 Å². The number of sulfonamides is 1. The highest BCUT2D eigenvalue weighted by Crippen LogP contribution is 2.07. The summed E-state index contributed by atoms with van der Waals surface area (Å²) in [7, 11) is -3.49. The molecule has 0 saturated heterocycles. The fourth-order valence-corrected chi connectivity index (χ4v) is 2.29. The van der Waals surface area contributed by atoms with Crippen molar-refractivity contribution in [3.63, 3.8) is 0 Å². The molecule has 1 aromatic carbocycles. The van der Waals surface area contributed by atoms with E-state index >= 15 is 0 Å². The summed E-state index contributed by atoms with van der Waals surface area (Å²) in [4.78, 5) is 11.9. The van der Waals surface area contributed by atoms with Crippen molar-refractivity contribution in [1.82, 2.24) is 15.1 Å². The second-order valence-corrected chi connectivity index (χ2v) is 6.22. The Bertz CT molecular complexity index is 710. The van der Waals surface area contributed by atoms with E-state index in [1.165, 1.54) is 6.20 Å². The number of nitrogens with one attached hydrogen (secondary N) is 1. The summed E-state index contributed by atoms with van der Waals surface area (Å²) in [6.45, 7) is 0.242. The highest BCUT2D eigenvalue weighted by molar-refractivity contribution is 7.89. The first-order valence-electron chi connectivity index (χ1n) is 6.34. The Morgan fingerprint density at radius 1 is 1.29 bits per heavy atom. The fourth-order valence-electron chi connectivity index (χ4n) is 1.74. The van der Waals surface area contributed by atoms with Crippen molar-refractivity contribution in [1.29, 1.82) is 0 Å². The van der Waals surface area contributed by atoms with E-state index < -0.39 is 10.0 Å². The van der Waals surface area contributed by atoms with Crippen LogP contribution in [-0.2, 0) is 10.0 Å². The quantitative estimate of drug-likeness (QED) is 0.747. The topological polar surface area (TPSA) is 107 Å².